The summed E-state index contributed by atoms with van der Waals surface area (Å²) >= 11 is 0. The van der Waals surface area contributed by atoms with Crippen molar-refractivity contribution in [2.45, 2.75) is 44.8 Å². The highest BCUT2D eigenvalue weighted by Crippen LogP contribution is 2.39. The normalized spacial score (nSPS) is 29.0. The van der Waals surface area contributed by atoms with E-state index in [1.54, 1.807) is 0 Å². The zero-order chi connectivity index (χ0) is 14.7. The van der Waals surface area contributed by atoms with E-state index >= 15 is 0 Å². The number of fused-ring (bicyclic) bond motifs is 1. The van der Waals surface area contributed by atoms with Crippen molar-refractivity contribution < 1.29 is 14.2 Å². The van der Waals surface area contributed by atoms with Gasteiger partial charge in [0.25, 0.3) is 0 Å². The van der Waals surface area contributed by atoms with Crippen molar-refractivity contribution in [3.8, 4) is 11.5 Å². The lowest BCUT2D eigenvalue weighted by Gasteiger charge is -2.39. The lowest BCUT2D eigenvalue weighted by Crippen LogP contribution is -2.43. The van der Waals surface area contributed by atoms with Gasteiger partial charge >= 0.3 is 0 Å². The maximum atomic E-state index is 6.11. The molecule has 0 aromatic heterocycles. The van der Waals surface area contributed by atoms with E-state index in [1.165, 1.54) is 5.56 Å². The lowest BCUT2D eigenvalue weighted by molar-refractivity contribution is -0.0811. The first-order valence-electron chi connectivity index (χ1n) is 7.99. The smallest absolute Gasteiger partial charge is 0.161 e. The molecule has 1 N–H and O–H groups in total. The summed E-state index contributed by atoms with van der Waals surface area (Å²) in [4.78, 5) is 0. The molecule has 0 amide bonds. The molecule has 4 heteroatoms. The molecule has 0 spiro atoms. The summed E-state index contributed by atoms with van der Waals surface area (Å²) in [6.07, 6.45) is 2.99. The minimum Gasteiger partial charge on any atom is -0.490 e. The lowest BCUT2D eigenvalue weighted by atomic mass is 9.85. The van der Waals surface area contributed by atoms with Crippen molar-refractivity contribution in [1.29, 1.82) is 0 Å². The number of nitrogens with one attached hydrogen (secondary N) is 1. The SMILES string of the molecule is CCNC1CCOC(C)(c2ccc3c(c2)OCCCO3)C1. The van der Waals surface area contributed by atoms with Crippen LogP contribution >= 0.6 is 0 Å². The Bertz CT molecular complexity index is 489. The molecule has 1 aromatic carbocycles. The van der Waals surface area contributed by atoms with Gasteiger partial charge in [-0.25, -0.2) is 0 Å². The fourth-order valence-electron chi connectivity index (χ4n) is 3.21. The topological polar surface area (TPSA) is 39.7 Å². The standard InChI is InChI=1S/C17H25NO3/c1-3-18-14-7-10-21-17(2,12-14)13-5-6-15-16(11-13)20-9-4-8-19-15/h5-6,11,14,18H,3-4,7-10,12H2,1-2H3. The molecule has 1 aromatic rings. The molecule has 0 bridgehead atoms. The summed E-state index contributed by atoms with van der Waals surface area (Å²) in [6, 6.07) is 6.74. The number of rotatable bonds is 3. The summed E-state index contributed by atoms with van der Waals surface area (Å²) in [6.45, 7) is 7.57. The average molecular weight is 291 g/mol. The Kier molecular flexibility index (Phi) is 4.36. The fourth-order valence-corrected chi connectivity index (χ4v) is 3.21. The minimum atomic E-state index is -0.254. The van der Waals surface area contributed by atoms with Gasteiger partial charge in [-0.2, -0.15) is 0 Å². The van der Waals surface area contributed by atoms with Gasteiger partial charge in [0.05, 0.1) is 18.8 Å². The molecule has 2 aliphatic heterocycles. The van der Waals surface area contributed by atoms with Crippen LogP contribution in [-0.2, 0) is 10.3 Å². The van der Waals surface area contributed by atoms with Crippen molar-refractivity contribution in [2.75, 3.05) is 26.4 Å². The largest absolute Gasteiger partial charge is 0.490 e. The van der Waals surface area contributed by atoms with Crippen LogP contribution < -0.4 is 14.8 Å². The molecular formula is C17H25NO3. The van der Waals surface area contributed by atoms with Crippen LogP contribution in [0.5, 0.6) is 11.5 Å². The Morgan fingerprint density at radius 1 is 1.19 bits per heavy atom. The summed E-state index contributed by atoms with van der Waals surface area (Å²) in [5.41, 5.74) is 0.921. The monoisotopic (exact) mass is 291 g/mol. The molecule has 0 aliphatic carbocycles. The van der Waals surface area contributed by atoms with Crippen molar-refractivity contribution in [1.82, 2.24) is 5.32 Å². The van der Waals surface area contributed by atoms with Crippen LogP contribution in [0, 0.1) is 0 Å². The van der Waals surface area contributed by atoms with Gasteiger partial charge in [-0.1, -0.05) is 13.0 Å². The third kappa shape index (κ3) is 3.16. The second-order valence-corrected chi connectivity index (χ2v) is 6.04. The zero-order valence-electron chi connectivity index (χ0n) is 13.0. The molecule has 2 unspecified atom stereocenters. The van der Waals surface area contributed by atoms with Crippen molar-refractivity contribution >= 4 is 0 Å². The Balaban J connectivity index is 1.83. The first-order valence-corrected chi connectivity index (χ1v) is 7.99. The summed E-state index contributed by atoms with van der Waals surface area (Å²) < 4.78 is 17.6. The maximum absolute atomic E-state index is 6.11. The number of hydrogen-bond acceptors (Lipinski definition) is 4. The summed E-state index contributed by atoms with van der Waals surface area (Å²) in [7, 11) is 0. The van der Waals surface area contributed by atoms with Crippen LogP contribution in [0.25, 0.3) is 0 Å². The predicted octanol–water partition coefficient (Wildman–Crippen LogP) is 2.85. The molecular weight excluding hydrogens is 266 g/mol. The Labute approximate surface area is 126 Å². The van der Waals surface area contributed by atoms with Crippen LogP contribution in [0.1, 0.15) is 38.7 Å². The number of ether oxygens (including phenoxy) is 3. The molecule has 1 fully saturated rings. The van der Waals surface area contributed by atoms with Crippen molar-refractivity contribution in [2.24, 2.45) is 0 Å². The third-order valence-corrected chi connectivity index (χ3v) is 4.37. The molecule has 3 rings (SSSR count). The van der Waals surface area contributed by atoms with Gasteiger partial charge < -0.3 is 19.5 Å². The first-order chi connectivity index (χ1) is 10.2. The highest BCUT2D eigenvalue weighted by atomic mass is 16.5. The quantitative estimate of drug-likeness (QED) is 0.929. The van der Waals surface area contributed by atoms with Gasteiger partial charge in [0.15, 0.2) is 11.5 Å². The van der Waals surface area contributed by atoms with Crippen LogP contribution in [0.15, 0.2) is 18.2 Å². The highest BCUT2D eigenvalue weighted by molar-refractivity contribution is 5.45. The molecule has 1 saturated heterocycles. The molecule has 2 atom stereocenters. The third-order valence-electron chi connectivity index (χ3n) is 4.37. The Hall–Kier alpha value is -1.26. The van der Waals surface area contributed by atoms with Gasteiger partial charge in [-0.3, -0.25) is 0 Å². The number of hydrogen-bond donors (Lipinski definition) is 1. The summed E-state index contributed by atoms with van der Waals surface area (Å²) in [5, 5.41) is 3.55. The van der Waals surface area contributed by atoms with Crippen LogP contribution in [0.3, 0.4) is 0 Å². The van der Waals surface area contributed by atoms with E-state index in [-0.39, 0.29) is 5.60 Å². The summed E-state index contributed by atoms with van der Waals surface area (Å²) in [5.74, 6) is 1.69. The van der Waals surface area contributed by atoms with E-state index in [0.29, 0.717) is 12.6 Å². The van der Waals surface area contributed by atoms with Crippen molar-refractivity contribution in [3.05, 3.63) is 23.8 Å². The minimum absolute atomic E-state index is 0.254. The van der Waals surface area contributed by atoms with Crippen LogP contribution in [0.4, 0.5) is 0 Å². The molecule has 116 valence electrons. The van der Waals surface area contributed by atoms with Crippen LogP contribution in [0.2, 0.25) is 0 Å². The van der Waals surface area contributed by atoms with E-state index in [0.717, 1.165) is 50.5 Å². The molecule has 0 saturated carbocycles. The average Bonchev–Trinajstić information content (AvgIpc) is 2.72. The number of benzene rings is 1. The van der Waals surface area contributed by atoms with Gasteiger partial charge in [0, 0.05) is 19.1 Å². The van der Waals surface area contributed by atoms with E-state index in [4.69, 9.17) is 14.2 Å². The first kappa shape index (κ1) is 14.7. The zero-order valence-corrected chi connectivity index (χ0v) is 13.0. The fraction of sp³-hybridized carbons (Fsp3) is 0.647. The van der Waals surface area contributed by atoms with Crippen LogP contribution in [-0.4, -0.2) is 32.4 Å². The van der Waals surface area contributed by atoms with Gasteiger partial charge in [-0.15, -0.1) is 0 Å². The second-order valence-electron chi connectivity index (χ2n) is 6.04. The van der Waals surface area contributed by atoms with E-state index in [9.17, 15) is 0 Å². The molecule has 4 nitrogen and oxygen atoms in total. The van der Waals surface area contributed by atoms with Gasteiger partial charge in [0.2, 0.25) is 0 Å². The molecule has 0 radical (unpaired) electrons. The molecule has 2 aliphatic rings. The predicted molar refractivity (Wildman–Crippen MR) is 82.1 cm³/mol. The maximum Gasteiger partial charge on any atom is 0.161 e. The van der Waals surface area contributed by atoms with E-state index in [2.05, 4.69) is 31.3 Å². The Morgan fingerprint density at radius 3 is 2.81 bits per heavy atom. The second kappa shape index (κ2) is 6.24. The van der Waals surface area contributed by atoms with Gasteiger partial charge in [0.1, 0.15) is 0 Å². The highest BCUT2D eigenvalue weighted by Gasteiger charge is 2.35. The van der Waals surface area contributed by atoms with Gasteiger partial charge in [-0.05, 0) is 44.0 Å². The molecule has 21 heavy (non-hydrogen) atoms. The van der Waals surface area contributed by atoms with Crippen molar-refractivity contribution in [3.63, 3.8) is 0 Å². The van der Waals surface area contributed by atoms with E-state index < -0.39 is 0 Å². The van der Waals surface area contributed by atoms with E-state index in [1.807, 2.05) is 6.07 Å². The molecule has 2 heterocycles. The Morgan fingerprint density at radius 2 is 2.00 bits per heavy atom.